The number of hydrogen-bond donors (Lipinski definition) is 3. The van der Waals surface area contributed by atoms with Gasteiger partial charge in [0.15, 0.2) is 0 Å². The first kappa shape index (κ1) is 15.5. The van der Waals surface area contributed by atoms with Crippen molar-refractivity contribution in [3.8, 4) is 0 Å². The molecule has 0 aliphatic rings. The molecule has 0 spiro atoms. The van der Waals surface area contributed by atoms with Gasteiger partial charge in [0.2, 0.25) is 0 Å². The lowest BCUT2D eigenvalue weighted by Crippen LogP contribution is -2.53. The molecule has 3 N–H and O–H groups in total. The zero-order chi connectivity index (χ0) is 12.6. The molecule has 0 aromatic carbocycles. The summed E-state index contributed by atoms with van der Waals surface area (Å²) < 4.78 is 11.1. The van der Waals surface area contributed by atoms with E-state index in [0.29, 0.717) is 6.54 Å². The summed E-state index contributed by atoms with van der Waals surface area (Å²) in [5.41, 5.74) is 0. The molecule has 0 aromatic rings. The number of hydrogen-bond acceptors (Lipinski definition) is 4. The second-order valence-corrected chi connectivity index (χ2v) is 4.93. The van der Waals surface area contributed by atoms with Crippen LogP contribution in [0, 0.1) is 5.92 Å². The van der Waals surface area contributed by atoms with Crippen molar-refractivity contribution in [3.05, 3.63) is 0 Å². The number of carbonyl (C=O) groups is 1. The van der Waals surface area contributed by atoms with Crippen molar-refractivity contribution in [2.24, 2.45) is 5.92 Å². The molecular weight excluding hydrogens is 229 g/mol. The van der Waals surface area contributed by atoms with Crippen molar-refractivity contribution in [1.29, 1.82) is 0 Å². The van der Waals surface area contributed by atoms with Crippen LogP contribution in [0.2, 0.25) is 0 Å². The highest BCUT2D eigenvalue weighted by atomic mass is 31.1. The zero-order valence-corrected chi connectivity index (χ0v) is 10.8. The SMILES string of the molecule is CCCCCNC([PH+]=O)(C(=O)O)C(C)CO. The number of carboxylic acids is 1. The van der Waals surface area contributed by atoms with Crippen LogP contribution in [-0.4, -0.2) is 34.6 Å². The van der Waals surface area contributed by atoms with Crippen molar-refractivity contribution in [2.75, 3.05) is 13.2 Å². The fourth-order valence-corrected chi connectivity index (χ4v) is 2.02. The smallest absolute Gasteiger partial charge is 0.375 e. The van der Waals surface area contributed by atoms with Crippen LogP contribution in [0.5, 0.6) is 0 Å². The van der Waals surface area contributed by atoms with E-state index < -0.39 is 25.6 Å². The van der Waals surface area contributed by atoms with E-state index in [1.165, 1.54) is 0 Å². The van der Waals surface area contributed by atoms with Crippen LogP contribution in [0.15, 0.2) is 0 Å². The highest BCUT2D eigenvalue weighted by molar-refractivity contribution is 7.27. The molecule has 3 atom stereocenters. The normalized spacial score (nSPS) is 16.9. The summed E-state index contributed by atoms with van der Waals surface area (Å²) >= 11 is 0. The molecule has 6 heteroatoms. The van der Waals surface area contributed by atoms with Crippen LogP contribution >= 0.6 is 8.46 Å². The molecular formula is C10H21NO4P+. The average Bonchev–Trinajstić information content (AvgIpc) is 2.28. The zero-order valence-electron chi connectivity index (χ0n) is 9.82. The molecule has 0 rings (SSSR count). The third-order valence-corrected chi connectivity index (χ3v) is 3.90. The number of aliphatic hydroxyl groups is 1. The second kappa shape index (κ2) is 7.71. The molecule has 0 heterocycles. The minimum absolute atomic E-state index is 0.303. The summed E-state index contributed by atoms with van der Waals surface area (Å²) in [6.07, 6.45) is 2.88. The number of carboxylic acid groups (broad SMARTS) is 1. The molecule has 0 bridgehead atoms. The number of rotatable bonds is 9. The predicted molar refractivity (Wildman–Crippen MR) is 63.1 cm³/mol. The van der Waals surface area contributed by atoms with Gasteiger partial charge in [-0.2, -0.15) is 0 Å². The Kier molecular flexibility index (Phi) is 7.47. The Balaban J connectivity index is 4.52. The Morgan fingerprint density at radius 2 is 2.12 bits per heavy atom. The maximum atomic E-state index is 11.1. The lowest BCUT2D eigenvalue weighted by atomic mass is 10.0. The van der Waals surface area contributed by atoms with E-state index in [1.807, 2.05) is 0 Å². The molecule has 5 nitrogen and oxygen atoms in total. The summed E-state index contributed by atoms with van der Waals surface area (Å²) in [7, 11) is -1.02. The first-order valence-electron chi connectivity index (χ1n) is 5.53. The van der Waals surface area contributed by atoms with E-state index >= 15 is 0 Å². The third-order valence-electron chi connectivity index (χ3n) is 2.70. The van der Waals surface area contributed by atoms with Crippen LogP contribution < -0.4 is 5.32 Å². The van der Waals surface area contributed by atoms with E-state index in [4.69, 9.17) is 10.2 Å². The van der Waals surface area contributed by atoms with Gasteiger partial charge in [0.1, 0.15) is 0 Å². The van der Waals surface area contributed by atoms with Crippen LogP contribution in [-0.2, 0) is 9.36 Å². The van der Waals surface area contributed by atoms with Gasteiger partial charge in [-0.25, -0.2) is 4.79 Å². The number of aliphatic hydroxyl groups excluding tert-OH is 1. The first-order chi connectivity index (χ1) is 7.55. The Morgan fingerprint density at radius 3 is 2.50 bits per heavy atom. The lowest BCUT2D eigenvalue weighted by molar-refractivity contribution is -0.143. The van der Waals surface area contributed by atoms with Gasteiger partial charge in [-0.1, -0.05) is 31.3 Å². The standard InChI is InChI=1S/C10H20NO4P/c1-3-4-5-6-11-10(16-15,9(13)14)8(2)7-12/h8,11-12H,3-7H2,1-2H3,(H,13,14)/p+1. The Bertz CT molecular complexity index is 237. The molecule has 0 radical (unpaired) electrons. The van der Waals surface area contributed by atoms with Gasteiger partial charge in [-0.3, -0.25) is 5.32 Å². The second-order valence-electron chi connectivity index (χ2n) is 3.93. The Hall–Kier alpha value is -0.510. The fraction of sp³-hybridized carbons (Fsp3) is 0.900. The van der Waals surface area contributed by atoms with Crippen molar-refractivity contribution in [1.82, 2.24) is 5.32 Å². The van der Waals surface area contributed by atoms with Gasteiger partial charge in [-0.15, -0.1) is 0 Å². The molecule has 0 aliphatic carbocycles. The van der Waals surface area contributed by atoms with E-state index in [1.54, 1.807) is 6.92 Å². The molecule has 16 heavy (non-hydrogen) atoms. The number of aliphatic carboxylic acids is 1. The Labute approximate surface area is 97.4 Å². The first-order valence-corrected chi connectivity index (χ1v) is 6.44. The van der Waals surface area contributed by atoms with Crippen LogP contribution in [0.25, 0.3) is 0 Å². The molecule has 0 aliphatic heterocycles. The third kappa shape index (κ3) is 3.81. The number of nitrogens with one attached hydrogen (secondary N) is 1. The molecule has 0 saturated heterocycles. The van der Waals surface area contributed by atoms with E-state index in [0.717, 1.165) is 19.3 Å². The molecule has 94 valence electrons. The van der Waals surface area contributed by atoms with Crippen LogP contribution in [0.1, 0.15) is 33.1 Å². The van der Waals surface area contributed by atoms with Gasteiger partial charge in [0.25, 0.3) is 0 Å². The molecule has 0 fully saturated rings. The predicted octanol–water partition coefficient (Wildman–Crippen LogP) is 1.20. The fourth-order valence-electron chi connectivity index (χ4n) is 1.44. The van der Waals surface area contributed by atoms with Crippen molar-refractivity contribution < 1.29 is 19.6 Å². The van der Waals surface area contributed by atoms with Gasteiger partial charge < -0.3 is 10.2 Å². The topological polar surface area (TPSA) is 86.6 Å². The molecule has 3 unspecified atom stereocenters. The average molecular weight is 250 g/mol. The number of unbranched alkanes of at least 4 members (excludes halogenated alkanes) is 2. The van der Waals surface area contributed by atoms with E-state index in [9.17, 15) is 9.36 Å². The largest absolute Gasteiger partial charge is 0.477 e. The van der Waals surface area contributed by atoms with Crippen molar-refractivity contribution >= 4 is 14.4 Å². The van der Waals surface area contributed by atoms with Gasteiger partial charge in [0.05, 0.1) is 12.5 Å². The minimum atomic E-state index is -1.51. The quantitative estimate of drug-likeness (QED) is 0.423. The van der Waals surface area contributed by atoms with E-state index in [2.05, 4.69) is 12.2 Å². The summed E-state index contributed by atoms with van der Waals surface area (Å²) in [5, 5.41) is 19.4. The summed E-state index contributed by atoms with van der Waals surface area (Å²) in [5.74, 6) is -1.75. The monoisotopic (exact) mass is 250 g/mol. The maximum absolute atomic E-state index is 11.1. The Morgan fingerprint density at radius 1 is 1.50 bits per heavy atom. The molecule has 0 aromatic heterocycles. The summed E-state index contributed by atoms with van der Waals surface area (Å²) in [4.78, 5) is 11.1. The van der Waals surface area contributed by atoms with E-state index in [-0.39, 0.29) is 6.61 Å². The minimum Gasteiger partial charge on any atom is -0.477 e. The van der Waals surface area contributed by atoms with Crippen molar-refractivity contribution in [3.63, 3.8) is 0 Å². The highest BCUT2D eigenvalue weighted by Crippen LogP contribution is 2.29. The van der Waals surface area contributed by atoms with Crippen molar-refractivity contribution in [2.45, 2.75) is 38.4 Å². The van der Waals surface area contributed by atoms with Gasteiger partial charge in [0, 0.05) is 6.54 Å². The summed E-state index contributed by atoms with van der Waals surface area (Å²) in [6, 6.07) is 0. The van der Waals surface area contributed by atoms with Crippen LogP contribution in [0.4, 0.5) is 0 Å². The van der Waals surface area contributed by atoms with Gasteiger partial charge >= 0.3 is 19.7 Å². The lowest BCUT2D eigenvalue weighted by Gasteiger charge is -2.23. The van der Waals surface area contributed by atoms with Crippen LogP contribution in [0.3, 0.4) is 0 Å². The maximum Gasteiger partial charge on any atom is 0.375 e. The van der Waals surface area contributed by atoms with Gasteiger partial charge in [-0.05, 0) is 6.42 Å². The molecule has 0 saturated carbocycles. The summed E-state index contributed by atoms with van der Waals surface area (Å²) in [6.45, 7) is 3.82. The molecule has 0 amide bonds. The highest BCUT2D eigenvalue weighted by Gasteiger charge is 2.52.